The lowest BCUT2D eigenvalue weighted by molar-refractivity contribution is -0.140. The quantitative estimate of drug-likeness (QED) is 0.549. The number of hydrogen-bond acceptors (Lipinski definition) is 3. The van der Waals surface area contributed by atoms with Crippen LogP contribution in [-0.4, -0.2) is 18.3 Å². The molecule has 0 spiro atoms. The number of thioether (sulfide) groups is 1. The summed E-state index contributed by atoms with van der Waals surface area (Å²) in [4.78, 5) is 10.5. The molecule has 0 radical (unpaired) electrons. The van der Waals surface area contributed by atoms with Gasteiger partial charge in [-0.15, -0.1) is 0 Å². The zero-order chi connectivity index (χ0) is 10.9. The van der Waals surface area contributed by atoms with E-state index in [4.69, 9.17) is 4.74 Å². The predicted molar refractivity (Wildman–Crippen MR) is 63.9 cm³/mol. The molecule has 0 saturated carbocycles. The Labute approximate surface area is 95.0 Å². The lowest BCUT2D eigenvalue weighted by Crippen LogP contribution is -2.01. The van der Waals surface area contributed by atoms with Gasteiger partial charge in [0.15, 0.2) is 0 Å². The molecule has 0 aliphatic heterocycles. The van der Waals surface area contributed by atoms with E-state index in [1.165, 1.54) is 12.5 Å². The van der Waals surface area contributed by atoms with Gasteiger partial charge in [-0.2, -0.15) is 11.8 Å². The van der Waals surface area contributed by atoms with Gasteiger partial charge in [-0.25, -0.2) is 0 Å². The van der Waals surface area contributed by atoms with E-state index in [0.717, 1.165) is 17.9 Å². The Morgan fingerprint density at radius 2 is 2.07 bits per heavy atom. The highest BCUT2D eigenvalue weighted by Crippen LogP contribution is 2.12. The molecule has 1 aromatic carbocycles. The maximum absolute atomic E-state index is 10.5. The minimum absolute atomic E-state index is 0.192. The van der Waals surface area contributed by atoms with Crippen molar-refractivity contribution in [2.24, 2.45) is 0 Å². The van der Waals surface area contributed by atoms with Crippen LogP contribution in [0.25, 0.3) is 0 Å². The van der Waals surface area contributed by atoms with Crippen LogP contribution in [-0.2, 0) is 15.3 Å². The summed E-state index contributed by atoms with van der Waals surface area (Å²) in [5.74, 6) is 1.87. The second-order valence-corrected chi connectivity index (χ2v) is 4.34. The number of carbonyl (C=O) groups excluding carboxylic acids is 1. The second-order valence-electron chi connectivity index (χ2n) is 3.23. The van der Waals surface area contributed by atoms with Gasteiger partial charge in [0, 0.05) is 12.7 Å². The highest BCUT2D eigenvalue weighted by molar-refractivity contribution is 7.98. The number of esters is 1. The third-order valence-electron chi connectivity index (χ3n) is 1.85. The molecule has 0 amide bonds. The minimum atomic E-state index is -0.192. The van der Waals surface area contributed by atoms with Crippen molar-refractivity contribution >= 4 is 17.7 Å². The molecule has 1 aromatic rings. The van der Waals surface area contributed by atoms with Crippen molar-refractivity contribution in [3.8, 4) is 0 Å². The summed E-state index contributed by atoms with van der Waals surface area (Å²) in [7, 11) is 0. The van der Waals surface area contributed by atoms with Crippen LogP contribution in [0, 0.1) is 0 Å². The highest BCUT2D eigenvalue weighted by atomic mass is 32.2. The van der Waals surface area contributed by atoms with Crippen LogP contribution >= 0.6 is 11.8 Å². The van der Waals surface area contributed by atoms with Crippen LogP contribution in [0.4, 0.5) is 0 Å². The van der Waals surface area contributed by atoms with E-state index in [0.29, 0.717) is 6.61 Å². The number of rotatable bonds is 6. The Hall–Kier alpha value is -0.960. The summed E-state index contributed by atoms with van der Waals surface area (Å²) in [6.07, 6.45) is 0.928. The average molecular weight is 224 g/mol. The first-order valence-corrected chi connectivity index (χ1v) is 6.19. The fraction of sp³-hybridized carbons (Fsp3) is 0.417. The smallest absolute Gasteiger partial charge is 0.302 e. The van der Waals surface area contributed by atoms with E-state index in [-0.39, 0.29) is 5.97 Å². The maximum atomic E-state index is 10.5. The standard InChI is InChI=1S/C12H16O2S/c1-11(13)14-8-5-9-15-10-12-6-3-2-4-7-12/h2-4,6-7H,5,8-10H2,1H3. The van der Waals surface area contributed by atoms with E-state index in [1.807, 2.05) is 17.8 Å². The van der Waals surface area contributed by atoms with Crippen molar-refractivity contribution in [1.82, 2.24) is 0 Å². The van der Waals surface area contributed by atoms with Crippen molar-refractivity contribution in [2.75, 3.05) is 12.4 Å². The predicted octanol–water partition coefficient (Wildman–Crippen LogP) is 2.87. The molecule has 2 nitrogen and oxygen atoms in total. The molecular formula is C12H16O2S. The third kappa shape index (κ3) is 6.18. The van der Waals surface area contributed by atoms with E-state index in [2.05, 4.69) is 24.3 Å². The van der Waals surface area contributed by atoms with E-state index in [9.17, 15) is 4.79 Å². The first-order chi connectivity index (χ1) is 7.29. The number of benzene rings is 1. The highest BCUT2D eigenvalue weighted by Gasteiger charge is 1.94. The van der Waals surface area contributed by atoms with Crippen molar-refractivity contribution in [1.29, 1.82) is 0 Å². The summed E-state index contributed by atoms with van der Waals surface area (Å²) in [6.45, 7) is 1.98. The van der Waals surface area contributed by atoms with Crippen molar-refractivity contribution in [2.45, 2.75) is 19.1 Å². The Morgan fingerprint density at radius 1 is 1.33 bits per heavy atom. The molecule has 0 bridgehead atoms. The largest absolute Gasteiger partial charge is 0.466 e. The van der Waals surface area contributed by atoms with Crippen LogP contribution in [0.15, 0.2) is 30.3 Å². The summed E-state index contributed by atoms with van der Waals surface area (Å²) in [5.41, 5.74) is 1.34. The minimum Gasteiger partial charge on any atom is -0.466 e. The van der Waals surface area contributed by atoms with E-state index < -0.39 is 0 Å². The van der Waals surface area contributed by atoms with Gasteiger partial charge in [-0.3, -0.25) is 4.79 Å². The van der Waals surface area contributed by atoms with Crippen LogP contribution in [0.1, 0.15) is 18.9 Å². The zero-order valence-corrected chi connectivity index (χ0v) is 9.76. The van der Waals surface area contributed by atoms with E-state index in [1.54, 1.807) is 0 Å². The van der Waals surface area contributed by atoms with Gasteiger partial charge in [0.2, 0.25) is 0 Å². The SMILES string of the molecule is CC(=O)OCCCSCc1ccccc1. The van der Waals surface area contributed by atoms with Crippen molar-refractivity contribution in [3.05, 3.63) is 35.9 Å². The third-order valence-corrected chi connectivity index (χ3v) is 2.96. The summed E-state index contributed by atoms with van der Waals surface area (Å²) >= 11 is 1.87. The molecule has 0 unspecified atom stereocenters. The number of carbonyl (C=O) groups is 1. The summed E-state index contributed by atoms with van der Waals surface area (Å²) in [5, 5.41) is 0. The molecule has 0 aromatic heterocycles. The van der Waals surface area contributed by atoms with Crippen LogP contribution in [0.2, 0.25) is 0 Å². The molecule has 0 atom stereocenters. The fourth-order valence-electron chi connectivity index (χ4n) is 1.14. The zero-order valence-electron chi connectivity index (χ0n) is 8.94. The fourth-order valence-corrected chi connectivity index (χ4v) is 2.04. The van der Waals surface area contributed by atoms with Crippen molar-refractivity contribution in [3.63, 3.8) is 0 Å². The summed E-state index contributed by atoms with van der Waals surface area (Å²) < 4.78 is 4.84. The van der Waals surface area contributed by atoms with Crippen molar-refractivity contribution < 1.29 is 9.53 Å². The van der Waals surface area contributed by atoms with Gasteiger partial charge in [0.25, 0.3) is 0 Å². The molecule has 1 rings (SSSR count). The molecule has 0 N–H and O–H groups in total. The molecule has 15 heavy (non-hydrogen) atoms. The lowest BCUT2D eigenvalue weighted by Gasteiger charge is -2.02. The van der Waals surface area contributed by atoms with Gasteiger partial charge in [-0.1, -0.05) is 30.3 Å². The Bertz CT molecular complexity index is 285. The maximum Gasteiger partial charge on any atom is 0.302 e. The molecule has 0 aliphatic rings. The molecule has 0 fully saturated rings. The number of hydrogen-bond donors (Lipinski definition) is 0. The summed E-state index contributed by atoms with van der Waals surface area (Å²) in [6, 6.07) is 10.4. The lowest BCUT2D eigenvalue weighted by atomic mass is 10.2. The first kappa shape index (κ1) is 12.1. The second kappa shape index (κ2) is 7.35. The Morgan fingerprint density at radius 3 is 2.73 bits per heavy atom. The molecular weight excluding hydrogens is 208 g/mol. The first-order valence-electron chi connectivity index (χ1n) is 5.04. The Balaban J connectivity index is 2.00. The van der Waals surface area contributed by atoms with Crippen LogP contribution in [0.3, 0.4) is 0 Å². The molecule has 82 valence electrons. The number of ether oxygens (including phenoxy) is 1. The molecule has 0 saturated heterocycles. The Kier molecular flexibility index (Phi) is 5.93. The molecule has 3 heteroatoms. The van der Waals surface area contributed by atoms with Gasteiger partial charge in [0.05, 0.1) is 6.61 Å². The van der Waals surface area contributed by atoms with Crippen LogP contribution < -0.4 is 0 Å². The van der Waals surface area contributed by atoms with Crippen LogP contribution in [0.5, 0.6) is 0 Å². The monoisotopic (exact) mass is 224 g/mol. The normalized spacial score (nSPS) is 9.93. The molecule has 0 aliphatic carbocycles. The van der Waals surface area contributed by atoms with Gasteiger partial charge >= 0.3 is 5.97 Å². The topological polar surface area (TPSA) is 26.3 Å². The van der Waals surface area contributed by atoms with E-state index >= 15 is 0 Å². The van der Waals surface area contributed by atoms with Gasteiger partial charge in [0.1, 0.15) is 0 Å². The van der Waals surface area contributed by atoms with Gasteiger partial charge < -0.3 is 4.74 Å². The molecule has 0 heterocycles. The van der Waals surface area contributed by atoms with Gasteiger partial charge in [-0.05, 0) is 17.7 Å². The average Bonchev–Trinajstić information content (AvgIpc) is 2.24.